The maximum atomic E-state index is 12.7. The van der Waals surface area contributed by atoms with E-state index in [0.29, 0.717) is 16.0 Å². The van der Waals surface area contributed by atoms with Crippen LogP contribution in [0, 0.1) is 13.8 Å². The summed E-state index contributed by atoms with van der Waals surface area (Å²) in [5.74, 6) is 0.662. The molecule has 8 heteroatoms. The zero-order valence-electron chi connectivity index (χ0n) is 12.3. The molecule has 23 heavy (non-hydrogen) atoms. The summed E-state index contributed by atoms with van der Waals surface area (Å²) in [7, 11) is 0. The molecule has 0 aliphatic carbocycles. The molecule has 6 nitrogen and oxygen atoms in total. The van der Waals surface area contributed by atoms with Crippen molar-refractivity contribution in [3.05, 3.63) is 50.2 Å². The van der Waals surface area contributed by atoms with Crippen LogP contribution in [0.4, 0.5) is 0 Å². The smallest absolute Gasteiger partial charge is 0.288 e. The largest absolute Gasteiger partial charge is 0.467 e. The number of pyridine rings is 1. The van der Waals surface area contributed by atoms with Gasteiger partial charge in [0.1, 0.15) is 27.4 Å². The van der Waals surface area contributed by atoms with Crippen LogP contribution in [0.1, 0.15) is 17.0 Å². The lowest BCUT2D eigenvalue weighted by Gasteiger charge is -2.03. The summed E-state index contributed by atoms with van der Waals surface area (Å²) in [6, 6.07) is 3.58. The fourth-order valence-electron chi connectivity index (χ4n) is 2.56. The van der Waals surface area contributed by atoms with Gasteiger partial charge in [-0.1, -0.05) is 5.21 Å². The van der Waals surface area contributed by atoms with Crippen molar-refractivity contribution in [3.63, 3.8) is 0 Å². The Bertz CT molecular complexity index is 1100. The summed E-state index contributed by atoms with van der Waals surface area (Å²) in [6.07, 6.45) is 1.57. The molecule has 0 fully saturated rings. The minimum Gasteiger partial charge on any atom is -0.467 e. The normalized spacial score (nSPS) is 11.6. The number of fused-ring (bicyclic) bond motifs is 3. The van der Waals surface area contributed by atoms with E-state index in [4.69, 9.17) is 4.42 Å². The highest BCUT2D eigenvalue weighted by molar-refractivity contribution is 9.10. The SMILES string of the molecule is Cc1nc2sc3c(=O)n(Cc4ccco4)nnc3c2c(C)c1Br. The third kappa shape index (κ3) is 2.21. The van der Waals surface area contributed by atoms with Gasteiger partial charge in [-0.05, 0) is 47.5 Å². The maximum absolute atomic E-state index is 12.7. The Labute approximate surface area is 142 Å². The van der Waals surface area contributed by atoms with E-state index in [9.17, 15) is 4.79 Å². The second kappa shape index (κ2) is 5.24. The summed E-state index contributed by atoms with van der Waals surface area (Å²) < 4.78 is 8.09. The van der Waals surface area contributed by atoms with Crippen molar-refractivity contribution in [2.24, 2.45) is 0 Å². The molecule has 0 atom stereocenters. The highest BCUT2D eigenvalue weighted by atomic mass is 79.9. The molecule has 0 aliphatic rings. The fourth-order valence-corrected chi connectivity index (χ4v) is 4.01. The molecule has 0 saturated carbocycles. The summed E-state index contributed by atoms with van der Waals surface area (Å²) in [5.41, 5.74) is 2.35. The van der Waals surface area contributed by atoms with Gasteiger partial charge < -0.3 is 4.42 Å². The lowest BCUT2D eigenvalue weighted by molar-refractivity contribution is 0.465. The minimum absolute atomic E-state index is 0.178. The quantitative estimate of drug-likeness (QED) is 0.524. The Morgan fingerprint density at radius 1 is 1.39 bits per heavy atom. The third-order valence-corrected chi connectivity index (χ3v) is 5.95. The first-order chi connectivity index (χ1) is 11.1. The predicted molar refractivity (Wildman–Crippen MR) is 92.0 cm³/mol. The van der Waals surface area contributed by atoms with Gasteiger partial charge in [0.25, 0.3) is 5.56 Å². The van der Waals surface area contributed by atoms with Crippen LogP contribution in [-0.2, 0) is 6.54 Å². The van der Waals surface area contributed by atoms with Gasteiger partial charge in [-0.15, -0.1) is 16.4 Å². The molecular formula is C15H11BrN4O2S. The summed E-state index contributed by atoms with van der Waals surface area (Å²) in [6.45, 7) is 4.18. The van der Waals surface area contributed by atoms with E-state index in [-0.39, 0.29) is 12.1 Å². The summed E-state index contributed by atoms with van der Waals surface area (Å²) in [4.78, 5) is 18.1. The van der Waals surface area contributed by atoms with E-state index in [0.717, 1.165) is 25.9 Å². The van der Waals surface area contributed by atoms with E-state index in [1.807, 2.05) is 13.8 Å². The average molecular weight is 391 g/mol. The van der Waals surface area contributed by atoms with Crippen LogP contribution in [-0.4, -0.2) is 20.0 Å². The maximum Gasteiger partial charge on any atom is 0.288 e. The third-order valence-electron chi connectivity index (χ3n) is 3.72. The number of halogens is 1. The molecule has 0 aliphatic heterocycles. The van der Waals surface area contributed by atoms with Crippen LogP contribution < -0.4 is 5.56 Å². The van der Waals surface area contributed by atoms with Crippen molar-refractivity contribution in [2.75, 3.05) is 0 Å². The number of hydrogen-bond donors (Lipinski definition) is 0. The first-order valence-corrected chi connectivity index (χ1v) is 8.52. The van der Waals surface area contributed by atoms with Gasteiger partial charge in [0.2, 0.25) is 0 Å². The number of nitrogens with zero attached hydrogens (tertiary/aromatic N) is 4. The van der Waals surface area contributed by atoms with E-state index in [1.165, 1.54) is 16.0 Å². The number of thiophene rings is 1. The molecule has 4 rings (SSSR count). The number of rotatable bonds is 2. The van der Waals surface area contributed by atoms with E-state index < -0.39 is 0 Å². The fraction of sp³-hybridized carbons (Fsp3) is 0.200. The van der Waals surface area contributed by atoms with Crippen LogP contribution in [0.15, 0.2) is 32.1 Å². The Balaban J connectivity index is 1.99. The highest BCUT2D eigenvalue weighted by Crippen LogP contribution is 2.35. The van der Waals surface area contributed by atoms with Crippen LogP contribution in [0.2, 0.25) is 0 Å². The predicted octanol–water partition coefficient (Wildman–Crippen LogP) is 3.42. The topological polar surface area (TPSA) is 73.8 Å². The monoisotopic (exact) mass is 390 g/mol. The lowest BCUT2D eigenvalue weighted by Crippen LogP contribution is -2.23. The zero-order valence-corrected chi connectivity index (χ0v) is 14.7. The van der Waals surface area contributed by atoms with Crippen LogP contribution in [0.3, 0.4) is 0 Å². The van der Waals surface area contributed by atoms with Crippen molar-refractivity contribution in [2.45, 2.75) is 20.4 Å². The Kier molecular flexibility index (Phi) is 3.31. The van der Waals surface area contributed by atoms with Gasteiger partial charge in [-0.3, -0.25) is 4.79 Å². The Morgan fingerprint density at radius 2 is 2.22 bits per heavy atom. The highest BCUT2D eigenvalue weighted by Gasteiger charge is 2.18. The molecular weight excluding hydrogens is 380 g/mol. The second-order valence-electron chi connectivity index (χ2n) is 5.23. The molecule has 0 unspecified atom stereocenters. The van der Waals surface area contributed by atoms with Crippen molar-refractivity contribution in [3.8, 4) is 0 Å². The molecule has 116 valence electrons. The van der Waals surface area contributed by atoms with Gasteiger partial charge in [-0.25, -0.2) is 9.67 Å². The lowest BCUT2D eigenvalue weighted by atomic mass is 10.1. The molecule has 0 radical (unpaired) electrons. The van der Waals surface area contributed by atoms with Crippen molar-refractivity contribution < 1.29 is 4.42 Å². The van der Waals surface area contributed by atoms with Crippen LogP contribution in [0.5, 0.6) is 0 Å². The molecule has 0 amide bonds. The van der Waals surface area contributed by atoms with Gasteiger partial charge in [-0.2, -0.15) is 0 Å². The minimum atomic E-state index is -0.178. The Hall–Kier alpha value is -2.06. The molecule has 0 saturated heterocycles. The molecule has 4 aromatic rings. The first-order valence-electron chi connectivity index (χ1n) is 6.91. The van der Waals surface area contributed by atoms with Gasteiger partial charge in [0.15, 0.2) is 0 Å². The molecule has 4 heterocycles. The van der Waals surface area contributed by atoms with Gasteiger partial charge in [0.05, 0.1) is 12.0 Å². The number of furan rings is 1. The van der Waals surface area contributed by atoms with Crippen LogP contribution >= 0.6 is 27.3 Å². The van der Waals surface area contributed by atoms with Gasteiger partial charge >= 0.3 is 0 Å². The van der Waals surface area contributed by atoms with E-state index >= 15 is 0 Å². The van der Waals surface area contributed by atoms with Gasteiger partial charge in [0, 0.05) is 9.86 Å². The van der Waals surface area contributed by atoms with Crippen LogP contribution in [0.25, 0.3) is 20.4 Å². The Morgan fingerprint density at radius 3 is 2.96 bits per heavy atom. The second-order valence-corrected chi connectivity index (χ2v) is 7.02. The number of hydrogen-bond acceptors (Lipinski definition) is 6. The summed E-state index contributed by atoms with van der Waals surface area (Å²) >= 11 is 4.90. The number of aryl methyl sites for hydroxylation is 2. The van der Waals surface area contributed by atoms with Crippen molar-refractivity contribution in [1.29, 1.82) is 0 Å². The average Bonchev–Trinajstić information content (AvgIpc) is 3.15. The zero-order chi connectivity index (χ0) is 16.1. The molecule has 4 aromatic heterocycles. The summed E-state index contributed by atoms with van der Waals surface area (Å²) in [5, 5.41) is 9.20. The van der Waals surface area contributed by atoms with Crippen molar-refractivity contribution in [1.82, 2.24) is 20.0 Å². The molecule has 0 N–H and O–H groups in total. The first kappa shape index (κ1) is 14.5. The van der Waals surface area contributed by atoms with E-state index in [2.05, 4.69) is 31.2 Å². The van der Waals surface area contributed by atoms with Crippen molar-refractivity contribution >= 4 is 47.7 Å². The standard InChI is InChI=1S/C15H11BrN4O2S/c1-7-10-12-13(23-14(10)17-8(2)11(7)16)15(21)20(19-18-12)6-9-4-3-5-22-9/h3-5H,6H2,1-2H3. The molecule has 0 aromatic carbocycles. The molecule has 0 bridgehead atoms. The number of aromatic nitrogens is 4. The van der Waals surface area contributed by atoms with E-state index in [1.54, 1.807) is 18.4 Å². The molecule has 0 spiro atoms.